The molecular weight excluding hydrogens is 372 g/mol. The summed E-state index contributed by atoms with van der Waals surface area (Å²) < 4.78 is 15.9. The van der Waals surface area contributed by atoms with Crippen molar-refractivity contribution in [2.45, 2.75) is 43.7 Å². The van der Waals surface area contributed by atoms with Gasteiger partial charge < -0.3 is 24.4 Å². The lowest BCUT2D eigenvalue weighted by Gasteiger charge is -2.29. The number of anilines is 1. The molecule has 2 amide bonds. The second kappa shape index (κ2) is 6.63. The minimum atomic E-state index is -0.988. The number of benzene rings is 1. The van der Waals surface area contributed by atoms with E-state index in [2.05, 4.69) is 5.32 Å². The molecule has 3 aliphatic rings. The molecule has 0 bridgehead atoms. The third-order valence-corrected chi connectivity index (χ3v) is 6.52. The average molecular weight is 392 g/mol. The summed E-state index contributed by atoms with van der Waals surface area (Å²) >= 11 is 1.58. The van der Waals surface area contributed by atoms with Crippen LogP contribution in [0.4, 0.5) is 5.69 Å². The highest BCUT2D eigenvalue weighted by molar-refractivity contribution is 8.01. The van der Waals surface area contributed by atoms with Crippen molar-refractivity contribution in [2.75, 3.05) is 17.9 Å². The molecule has 1 aromatic carbocycles. The van der Waals surface area contributed by atoms with Gasteiger partial charge in [-0.15, -0.1) is 11.8 Å². The molecule has 0 radical (unpaired) electrons. The van der Waals surface area contributed by atoms with E-state index >= 15 is 0 Å². The van der Waals surface area contributed by atoms with Crippen LogP contribution in [0, 0.1) is 0 Å². The fourth-order valence-electron chi connectivity index (χ4n) is 3.52. The SMILES string of the molecule is C[C@@H](OC(=O)[C@@H]1CS[C@@]2(C)CCC(=O)N12)C(=O)Nc1ccc2c(c1)OCO2. The second-order valence-electron chi connectivity index (χ2n) is 6.90. The van der Waals surface area contributed by atoms with E-state index in [9.17, 15) is 14.4 Å². The summed E-state index contributed by atoms with van der Waals surface area (Å²) in [6.45, 7) is 3.62. The van der Waals surface area contributed by atoms with Crippen molar-refractivity contribution in [1.29, 1.82) is 0 Å². The number of carbonyl (C=O) groups excluding carboxylic acids is 3. The number of amides is 2. The standard InChI is InChI=1S/C18H20N2O6S/c1-10(16(22)19-11-3-4-13-14(7-11)25-9-24-13)26-17(23)12-8-27-18(2)6-5-15(21)20(12)18/h3-4,7,10,12H,5-6,8-9H2,1-2H3,(H,19,22)/t10-,12+,18+/m1/s1. The van der Waals surface area contributed by atoms with Gasteiger partial charge in [0.25, 0.3) is 5.91 Å². The van der Waals surface area contributed by atoms with E-state index in [1.165, 1.54) is 6.92 Å². The number of ether oxygens (including phenoxy) is 3. The van der Waals surface area contributed by atoms with Gasteiger partial charge in [-0.3, -0.25) is 9.59 Å². The Morgan fingerprint density at radius 1 is 1.37 bits per heavy atom. The molecule has 0 aliphatic carbocycles. The summed E-state index contributed by atoms with van der Waals surface area (Å²) in [4.78, 5) is 38.3. The first kappa shape index (κ1) is 18.0. The fourth-order valence-corrected chi connectivity index (χ4v) is 4.94. The number of nitrogens with zero attached hydrogens (tertiary/aromatic N) is 1. The zero-order chi connectivity index (χ0) is 19.2. The van der Waals surface area contributed by atoms with Gasteiger partial charge in [-0.1, -0.05) is 0 Å². The third kappa shape index (κ3) is 3.20. The normalized spacial score (nSPS) is 26.7. The van der Waals surface area contributed by atoms with E-state index < -0.39 is 24.0 Å². The van der Waals surface area contributed by atoms with Crippen LogP contribution >= 0.6 is 11.8 Å². The Hall–Kier alpha value is -2.42. The van der Waals surface area contributed by atoms with Crippen LogP contribution in [0.1, 0.15) is 26.7 Å². The summed E-state index contributed by atoms with van der Waals surface area (Å²) in [5.41, 5.74) is 0.519. The second-order valence-corrected chi connectivity index (χ2v) is 8.40. The van der Waals surface area contributed by atoms with E-state index in [1.54, 1.807) is 34.9 Å². The number of fused-ring (bicyclic) bond motifs is 2. The molecule has 9 heteroatoms. The number of carbonyl (C=O) groups is 3. The van der Waals surface area contributed by atoms with Gasteiger partial charge in [0.15, 0.2) is 17.6 Å². The van der Waals surface area contributed by atoms with Crippen LogP contribution in [0.5, 0.6) is 11.5 Å². The van der Waals surface area contributed by atoms with Gasteiger partial charge in [0, 0.05) is 23.9 Å². The maximum atomic E-state index is 12.6. The Kier molecular flexibility index (Phi) is 4.41. The largest absolute Gasteiger partial charge is 0.454 e. The molecule has 0 unspecified atom stereocenters. The highest BCUT2D eigenvalue weighted by Gasteiger charge is 2.53. The lowest BCUT2D eigenvalue weighted by atomic mass is 10.2. The lowest BCUT2D eigenvalue weighted by Crippen LogP contribution is -2.48. The van der Waals surface area contributed by atoms with Gasteiger partial charge in [0.2, 0.25) is 12.7 Å². The predicted octanol–water partition coefficient (Wildman–Crippen LogP) is 1.74. The summed E-state index contributed by atoms with van der Waals surface area (Å²) in [6.07, 6.45) is 0.172. The number of thioether (sulfide) groups is 1. The third-order valence-electron chi connectivity index (χ3n) is 5.02. The van der Waals surface area contributed by atoms with Crippen molar-refractivity contribution in [1.82, 2.24) is 4.90 Å². The molecule has 0 spiro atoms. The van der Waals surface area contributed by atoms with E-state index in [0.717, 1.165) is 6.42 Å². The van der Waals surface area contributed by atoms with Crippen LogP contribution < -0.4 is 14.8 Å². The van der Waals surface area contributed by atoms with Crippen molar-refractivity contribution < 1.29 is 28.6 Å². The maximum Gasteiger partial charge on any atom is 0.330 e. The fraction of sp³-hybridized carbons (Fsp3) is 0.500. The Balaban J connectivity index is 1.37. The summed E-state index contributed by atoms with van der Waals surface area (Å²) in [7, 11) is 0. The summed E-state index contributed by atoms with van der Waals surface area (Å²) in [5.74, 6) is 0.606. The minimum Gasteiger partial charge on any atom is -0.454 e. The van der Waals surface area contributed by atoms with Crippen molar-refractivity contribution >= 4 is 35.2 Å². The molecule has 1 N–H and O–H groups in total. The quantitative estimate of drug-likeness (QED) is 0.780. The van der Waals surface area contributed by atoms with Crippen LogP contribution in [-0.4, -0.2) is 52.2 Å². The van der Waals surface area contributed by atoms with Crippen molar-refractivity contribution in [3.8, 4) is 11.5 Å². The summed E-state index contributed by atoms with van der Waals surface area (Å²) in [6, 6.07) is 4.39. The molecule has 0 aromatic heterocycles. The van der Waals surface area contributed by atoms with Crippen LogP contribution in [0.15, 0.2) is 18.2 Å². The monoisotopic (exact) mass is 392 g/mol. The molecule has 0 saturated carbocycles. The molecule has 2 fully saturated rings. The molecule has 27 heavy (non-hydrogen) atoms. The molecule has 144 valence electrons. The maximum absolute atomic E-state index is 12.6. The number of hydrogen-bond acceptors (Lipinski definition) is 7. The van der Waals surface area contributed by atoms with Gasteiger partial charge in [-0.25, -0.2) is 4.79 Å². The highest BCUT2D eigenvalue weighted by atomic mass is 32.2. The predicted molar refractivity (Wildman–Crippen MR) is 97.5 cm³/mol. The van der Waals surface area contributed by atoms with Gasteiger partial charge in [-0.2, -0.15) is 0 Å². The minimum absolute atomic E-state index is 0.0399. The molecule has 3 heterocycles. The Bertz CT molecular complexity index is 815. The van der Waals surface area contributed by atoms with Crippen LogP contribution in [-0.2, 0) is 19.1 Å². The van der Waals surface area contributed by atoms with Crippen LogP contribution in [0.3, 0.4) is 0 Å². The number of rotatable bonds is 4. The Morgan fingerprint density at radius 3 is 2.96 bits per heavy atom. The number of nitrogens with one attached hydrogen (secondary N) is 1. The van der Waals surface area contributed by atoms with Crippen molar-refractivity contribution in [3.63, 3.8) is 0 Å². The van der Waals surface area contributed by atoms with Gasteiger partial charge in [0.05, 0.1) is 4.87 Å². The zero-order valence-electron chi connectivity index (χ0n) is 15.0. The first-order valence-corrected chi connectivity index (χ1v) is 9.73. The lowest BCUT2D eigenvalue weighted by molar-refractivity contribution is -0.160. The Morgan fingerprint density at radius 2 is 2.15 bits per heavy atom. The highest BCUT2D eigenvalue weighted by Crippen LogP contribution is 2.47. The van der Waals surface area contributed by atoms with E-state index in [-0.39, 0.29) is 17.6 Å². The number of esters is 1. The first-order valence-electron chi connectivity index (χ1n) is 8.74. The number of hydrogen-bond donors (Lipinski definition) is 1. The zero-order valence-corrected chi connectivity index (χ0v) is 15.8. The van der Waals surface area contributed by atoms with E-state index in [4.69, 9.17) is 14.2 Å². The molecule has 8 nitrogen and oxygen atoms in total. The molecule has 4 rings (SSSR count). The van der Waals surface area contributed by atoms with Gasteiger partial charge >= 0.3 is 5.97 Å². The van der Waals surface area contributed by atoms with Crippen LogP contribution in [0.2, 0.25) is 0 Å². The molecule has 3 atom stereocenters. The van der Waals surface area contributed by atoms with Crippen molar-refractivity contribution in [3.05, 3.63) is 18.2 Å². The van der Waals surface area contributed by atoms with E-state index in [0.29, 0.717) is 29.4 Å². The van der Waals surface area contributed by atoms with Crippen molar-refractivity contribution in [2.24, 2.45) is 0 Å². The summed E-state index contributed by atoms with van der Waals surface area (Å²) in [5, 5.41) is 2.69. The van der Waals surface area contributed by atoms with E-state index in [1.807, 2.05) is 6.92 Å². The smallest absolute Gasteiger partial charge is 0.330 e. The Labute approximate surface area is 160 Å². The van der Waals surface area contributed by atoms with Gasteiger partial charge in [0.1, 0.15) is 6.04 Å². The topological polar surface area (TPSA) is 94.2 Å². The molecular formula is C18H20N2O6S. The molecule has 2 saturated heterocycles. The van der Waals surface area contributed by atoms with Crippen LogP contribution in [0.25, 0.3) is 0 Å². The molecule has 3 aliphatic heterocycles. The molecule has 1 aromatic rings. The van der Waals surface area contributed by atoms with Gasteiger partial charge in [-0.05, 0) is 32.4 Å². The average Bonchev–Trinajstić information content (AvgIpc) is 3.30. The first-order chi connectivity index (χ1) is 12.9.